The summed E-state index contributed by atoms with van der Waals surface area (Å²) in [5.74, 6) is 0.105. The van der Waals surface area contributed by atoms with Gasteiger partial charge in [-0.2, -0.15) is 0 Å². The molecule has 0 bridgehead atoms. The molecular weight excluding hydrogens is 246 g/mol. The van der Waals surface area contributed by atoms with E-state index in [1.54, 1.807) is 6.20 Å². The van der Waals surface area contributed by atoms with Gasteiger partial charge in [-0.15, -0.1) is 0 Å². The third kappa shape index (κ3) is 2.45. The van der Waals surface area contributed by atoms with Gasteiger partial charge in [-0.25, -0.2) is 0 Å². The second-order valence-electron chi connectivity index (χ2n) is 4.93. The summed E-state index contributed by atoms with van der Waals surface area (Å²) in [4.78, 5) is 16.5. The maximum Gasteiger partial charge on any atom is 0.168 e. The van der Waals surface area contributed by atoms with Crippen LogP contribution in [0.1, 0.15) is 21.6 Å². The molecule has 0 aliphatic rings. The molecule has 0 N–H and O–H groups in total. The van der Waals surface area contributed by atoms with Crippen molar-refractivity contribution in [2.45, 2.75) is 13.3 Å². The van der Waals surface area contributed by atoms with Crippen LogP contribution in [0.2, 0.25) is 0 Å². The second-order valence-corrected chi connectivity index (χ2v) is 4.93. The SMILES string of the molecule is Cc1ccc(C(=O)Cc2cccc3ccccc23)cn1. The second kappa shape index (κ2) is 5.25. The van der Waals surface area contributed by atoms with E-state index < -0.39 is 0 Å². The molecule has 0 saturated heterocycles. The van der Waals surface area contributed by atoms with Crippen molar-refractivity contribution in [3.63, 3.8) is 0 Å². The number of aryl methyl sites for hydroxylation is 1. The first-order valence-electron chi connectivity index (χ1n) is 6.66. The molecule has 0 radical (unpaired) electrons. The maximum absolute atomic E-state index is 12.3. The molecule has 98 valence electrons. The van der Waals surface area contributed by atoms with Crippen molar-refractivity contribution in [2.24, 2.45) is 0 Å². The van der Waals surface area contributed by atoms with Gasteiger partial charge in [0.1, 0.15) is 0 Å². The van der Waals surface area contributed by atoms with Gasteiger partial charge in [0, 0.05) is 23.9 Å². The fourth-order valence-electron chi connectivity index (χ4n) is 2.35. The van der Waals surface area contributed by atoms with Crippen LogP contribution in [-0.2, 0) is 6.42 Å². The predicted octanol–water partition coefficient (Wildman–Crippen LogP) is 3.97. The lowest BCUT2D eigenvalue weighted by molar-refractivity contribution is 0.0993. The number of fused-ring (bicyclic) bond motifs is 1. The normalized spacial score (nSPS) is 10.7. The van der Waals surface area contributed by atoms with Gasteiger partial charge in [-0.1, -0.05) is 42.5 Å². The molecule has 0 saturated carbocycles. The average Bonchev–Trinajstić information content (AvgIpc) is 2.48. The molecule has 2 heteroatoms. The topological polar surface area (TPSA) is 30.0 Å². The number of nitrogens with zero attached hydrogens (tertiary/aromatic N) is 1. The first-order chi connectivity index (χ1) is 9.74. The van der Waals surface area contributed by atoms with Crippen molar-refractivity contribution in [3.8, 4) is 0 Å². The minimum atomic E-state index is 0.105. The van der Waals surface area contributed by atoms with Crippen LogP contribution in [0.5, 0.6) is 0 Å². The number of carbonyl (C=O) groups is 1. The Balaban J connectivity index is 1.93. The Morgan fingerprint density at radius 1 is 1.00 bits per heavy atom. The zero-order chi connectivity index (χ0) is 13.9. The van der Waals surface area contributed by atoms with Crippen molar-refractivity contribution >= 4 is 16.6 Å². The van der Waals surface area contributed by atoms with Crippen LogP contribution >= 0.6 is 0 Å². The van der Waals surface area contributed by atoms with Gasteiger partial charge in [-0.05, 0) is 35.4 Å². The number of hydrogen-bond donors (Lipinski definition) is 0. The van der Waals surface area contributed by atoms with Crippen LogP contribution in [0, 0.1) is 6.92 Å². The lowest BCUT2D eigenvalue weighted by atomic mass is 9.98. The van der Waals surface area contributed by atoms with Crippen LogP contribution in [0.3, 0.4) is 0 Å². The number of benzene rings is 2. The molecule has 3 rings (SSSR count). The first kappa shape index (κ1) is 12.5. The fraction of sp³-hybridized carbons (Fsp3) is 0.111. The summed E-state index contributed by atoms with van der Waals surface area (Å²) < 4.78 is 0. The van der Waals surface area contributed by atoms with E-state index in [9.17, 15) is 4.79 Å². The third-order valence-electron chi connectivity index (χ3n) is 3.46. The molecule has 2 nitrogen and oxygen atoms in total. The number of pyridine rings is 1. The van der Waals surface area contributed by atoms with E-state index in [2.05, 4.69) is 23.2 Å². The monoisotopic (exact) mass is 261 g/mol. The van der Waals surface area contributed by atoms with Crippen molar-refractivity contribution in [2.75, 3.05) is 0 Å². The Bertz CT molecular complexity index is 754. The van der Waals surface area contributed by atoms with Gasteiger partial charge in [0.05, 0.1) is 0 Å². The average molecular weight is 261 g/mol. The molecule has 0 amide bonds. The molecule has 1 aromatic heterocycles. The number of Topliss-reactive ketones (excluding diaryl/α,β-unsaturated/α-hetero) is 1. The minimum absolute atomic E-state index is 0.105. The van der Waals surface area contributed by atoms with E-state index in [0.29, 0.717) is 12.0 Å². The van der Waals surface area contributed by atoms with E-state index in [-0.39, 0.29) is 5.78 Å². The summed E-state index contributed by atoms with van der Waals surface area (Å²) in [5.41, 5.74) is 2.66. The quantitative estimate of drug-likeness (QED) is 0.668. The zero-order valence-corrected chi connectivity index (χ0v) is 11.3. The van der Waals surface area contributed by atoms with Crippen LogP contribution in [0.15, 0.2) is 60.8 Å². The van der Waals surface area contributed by atoms with E-state index in [4.69, 9.17) is 0 Å². The Morgan fingerprint density at radius 2 is 1.80 bits per heavy atom. The first-order valence-corrected chi connectivity index (χ1v) is 6.66. The number of aromatic nitrogens is 1. The van der Waals surface area contributed by atoms with Crippen LogP contribution in [-0.4, -0.2) is 10.8 Å². The molecule has 0 fully saturated rings. The van der Waals surface area contributed by atoms with E-state index in [1.165, 1.54) is 5.39 Å². The Morgan fingerprint density at radius 3 is 2.60 bits per heavy atom. The molecule has 1 heterocycles. The van der Waals surface area contributed by atoms with Gasteiger partial charge in [-0.3, -0.25) is 9.78 Å². The molecular formula is C18H15NO. The highest BCUT2D eigenvalue weighted by Crippen LogP contribution is 2.20. The van der Waals surface area contributed by atoms with E-state index in [0.717, 1.165) is 16.6 Å². The van der Waals surface area contributed by atoms with Crippen molar-refractivity contribution < 1.29 is 4.79 Å². The lowest BCUT2D eigenvalue weighted by Gasteiger charge is -2.06. The third-order valence-corrected chi connectivity index (χ3v) is 3.46. The summed E-state index contributed by atoms with van der Waals surface area (Å²) in [6.07, 6.45) is 2.06. The number of carbonyl (C=O) groups excluding carboxylic acids is 1. The highest BCUT2D eigenvalue weighted by Gasteiger charge is 2.09. The molecule has 0 atom stereocenters. The van der Waals surface area contributed by atoms with Gasteiger partial charge >= 0.3 is 0 Å². The summed E-state index contributed by atoms with van der Waals surface area (Å²) in [5, 5.41) is 2.31. The van der Waals surface area contributed by atoms with E-state index >= 15 is 0 Å². The molecule has 2 aromatic carbocycles. The summed E-state index contributed by atoms with van der Waals surface area (Å²) in [7, 11) is 0. The van der Waals surface area contributed by atoms with Gasteiger partial charge in [0.25, 0.3) is 0 Å². The highest BCUT2D eigenvalue weighted by atomic mass is 16.1. The van der Waals surface area contributed by atoms with Gasteiger partial charge in [0.15, 0.2) is 5.78 Å². The summed E-state index contributed by atoms with van der Waals surface area (Å²) >= 11 is 0. The van der Waals surface area contributed by atoms with Crippen molar-refractivity contribution in [1.29, 1.82) is 0 Å². The van der Waals surface area contributed by atoms with Crippen molar-refractivity contribution in [1.82, 2.24) is 4.98 Å². The molecule has 0 spiro atoms. The lowest BCUT2D eigenvalue weighted by Crippen LogP contribution is -2.04. The van der Waals surface area contributed by atoms with Crippen LogP contribution in [0.25, 0.3) is 10.8 Å². The number of hydrogen-bond acceptors (Lipinski definition) is 2. The maximum atomic E-state index is 12.3. The molecule has 0 aliphatic heterocycles. The number of ketones is 1. The standard InChI is InChI=1S/C18H15NO/c1-13-9-10-16(12-19-13)18(20)11-15-7-4-6-14-5-2-3-8-17(14)15/h2-10,12H,11H2,1H3. The molecule has 0 aliphatic carbocycles. The Labute approximate surface area is 118 Å². The Kier molecular flexibility index (Phi) is 3.30. The minimum Gasteiger partial charge on any atom is -0.294 e. The summed E-state index contributed by atoms with van der Waals surface area (Å²) in [6, 6.07) is 17.9. The molecule has 20 heavy (non-hydrogen) atoms. The van der Waals surface area contributed by atoms with Crippen molar-refractivity contribution in [3.05, 3.63) is 77.6 Å². The molecule has 0 unspecified atom stereocenters. The zero-order valence-electron chi connectivity index (χ0n) is 11.3. The Hall–Kier alpha value is -2.48. The number of rotatable bonds is 3. The van der Waals surface area contributed by atoms with E-state index in [1.807, 2.05) is 43.3 Å². The largest absolute Gasteiger partial charge is 0.294 e. The van der Waals surface area contributed by atoms with Gasteiger partial charge in [0.2, 0.25) is 0 Å². The highest BCUT2D eigenvalue weighted by molar-refractivity contribution is 5.99. The fourth-order valence-corrected chi connectivity index (χ4v) is 2.35. The van der Waals surface area contributed by atoms with Gasteiger partial charge < -0.3 is 0 Å². The molecule has 3 aromatic rings. The van der Waals surface area contributed by atoms with Crippen LogP contribution < -0.4 is 0 Å². The summed E-state index contributed by atoms with van der Waals surface area (Å²) in [6.45, 7) is 1.92. The van der Waals surface area contributed by atoms with Crippen LogP contribution in [0.4, 0.5) is 0 Å². The predicted molar refractivity (Wildman–Crippen MR) is 81.0 cm³/mol. The smallest absolute Gasteiger partial charge is 0.168 e.